The van der Waals surface area contributed by atoms with E-state index in [0.29, 0.717) is 33.8 Å². The third-order valence-corrected chi connectivity index (χ3v) is 5.93. The maximum absolute atomic E-state index is 13.1. The van der Waals surface area contributed by atoms with Gasteiger partial charge in [-0.25, -0.2) is 14.4 Å². The van der Waals surface area contributed by atoms with Gasteiger partial charge < -0.3 is 24.1 Å². The van der Waals surface area contributed by atoms with Gasteiger partial charge in [0, 0.05) is 23.4 Å². The van der Waals surface area contributed by atoms with Crippen molar-refractivity contribution in [1.29, 1.82) is 0 Å². The molecule has 2 N–H and O–H groups in total. The number of esters is 1. The van der Waals surface area contributed by atoms with Crippen LogP contribution in [0.15, 0.2) is 45.9 Å². The molecule has 0 saturated heterocycles. The van der Waals surface area contributed by atoms with Crippen LogP contribution >= 0.6 is 0 Å². The lowest BCUT2D eigenvalue weighted by Crippen LogP contribution is -2.31. The number of rotatable bonds is 5. The van der Waals surface area contributed by atoms with Gasteiger partial charge in [0.05, 0.1) is 29.1 Å². The molecule has 3 aromatic heterocycles. The van der Waals surface area contributed by atoms with Crippen LogP contribution in [0.3, 0.4) is 0 Å². The molecule has 0 radical (unpaired) electrons. The molecule has 4 aromatic rings. The van der Waals surface area contributed by atoms with Crippen LogP contribution < -0.4 is 10.4 Å². The zero-order chi connectivity index (χ0) is 29.2. The van der Waals surface area contributed by atoms with Gasteiger partial charge in [-0.1, -0.05) is 11.2 Å². The number of carbonyl (C=O) groups excluding carboxylic acids is 1. The van der Waals surface area contributed by atoms with Gasteiger partial charge in [0.2, 0.25) is 0 Å². The van der Waals surface area contributed by atoms with Crippen molar-refractivity contribution in [1.82, 2.24) is 19.7 Å². The molecule has 0 saturated carbocycles. The minimum Gasteiger partial charge on any atom is -0.488 e. The number of aromatic amines is 1. The molecule has 0 unspecified atom stereocenters. The third kappa shape index (κ3) is 5.46. The third-order valence-electron chi connectivity index (χ3n) is 5.93. The second-order valence-corrected chi connectivity index (χ2v) is 8.54. The highest BCUT2D eigenvalue weighted by molar-refractivity contribution is 5.99. The SMILES string of the molecule is CCOC(=O)/C=C/c1cc(-c2c(C)noc2C)c2c3c1[nH]c(=O)n3[C@@H](c1ccccn1)CO2.O=C(O)C(F)(F)F. The van der Waals surface area contributed by atoms with Crippen molar-refractivity contribution in [3.63, 3.8) is 0 Å². The molecule has 0 amide bonds. The van der Waals surface area contributed by atoms with E-state index >= 15 is 0 Å². The van der Waals surface area contributed by atoms with Crippen molar-refractivity contribution < 1.29 is 41.9 Å². The van der Waals surface area contributed by atoms with Crippen LogP contribution in [0.1, 0.15) is 35.7 Å². The molecule has 210 valence electrons. The second kappa shape index (κ2) is 11.1. The molecule has 1 aliphatic rings. The molecule has 0 fully saturated rings. The van der Waals surface area contributed by atoms with Crippen molar-refractivity contribution in [3.05, 3.63) is 69.7 Å². The van der Waals surface area contributed by atoms with E-state index in [-0.39, 0.29) is 18.9 Å². The minimum absolute atomic E-state index is 0.241. The average molecular weight is 560 g/mol. The molecule has 0 aliphatic carbocycles. The first-order chi connectivity index (χ1) is 18.9. The predicted molar refractivity (Wildman–Crippen MR) is 135 cm³/mol. The maximum atomic E-state index is 13.1. The van der Waals surface area contributed by atoms with Crippen LogP contribution in [0.2, 0.25) is 0 Å². The minimum atomic E-state index is -5.08. The lowest BCUT2D eigenvalue weighted by molar-refractivity contribution is -0.192. The van der Waals surface area contributed by atoms with E-state index in [4.69, 9.17) is 23.9 Å². The first-order valence-corrected chi connectivity index (χ1v) is 11.9. The molecule has 1 aliphatic heterocycles. The average Bonchev–Trinajstić information content (AvgIpc) is 3.43. The van der Waals surface area contributed by atoms with E-state index in [2.05, 4.69) is 15.1 Å². The Kier molecular flexibility index (Phi) is 7.79. The van der Waals surface area contributed by atoms with Gasteiger partial charge in [0.15, 0.2) is 5.75 Å². The molecule has 1 aromatic carbocycles. The number of imidazole rings is 1. The van der Waals surface area contributed by atoms with Crippen LogP contribution in [-0.4, -0.2) is 56.1 Å². The van der Waals surface area contributed by atoms with Gasteiger partial charge in [0.25, 0.3) is 0 Å². The van der Waals surface area contributed by atoms with Crippen molar-refractivity contribution in [2.45, 2.75) is 33.0 Å². The summed E-state index contributed by atoms with van der Waals surface area (Å²) >= 11 is 0. The number of nitrogens with one attached hydrogen (secondary N) is 1. The number of carbonyl (C=O) groups is 2. The van der Waals surface area contributed by atoms with Crippen LogP contribution in [-0.2, 0) is 14.3 Å². The zero-order valence-corrected chi connectivity index (χ0v) is 21.4. The number of alkyl halides is 3. The largest absolute Gasteiger partial charge is 0.490 e. The van der Waals surface area contributed by atoms with E-state index in [1.807, 2.05) is 38.1 Å². The number of ether oxygens (including phenoxy) is 2. The Bertz CT molecular complexity index is 1630. The quantitative estimate of drug-likeness (QED) is 0.271. The van der Waals surface area contributed by atoms with Gasteiger partial charge in [-0.15, -0.1) is 0 Å². The molecule has 1 atom stereocenters. The summed E-state index contributed by atoms with van der Waals surface area (Å²) in [6.45, 7) is 5.93. The standard InChI is InChI=1S/C24H22N4O5.C2HF3O2/c1-4-31-19(29)9-8-15-11-16(20-13(2)27-33-14(20)3)23-22-21(15)26-24(30)28(22)18(12-32-23)17-7-5-6-10-25-17;3-2(4,5)1(6)7/h5-11,18H,4,12H2,1-3H3,(H,26,30);(H,6,7)/b9-8+;/t18-;/m1./s1. The molecule has 0 bridgehead atoms. The number of nitrogens with zero attached hydrogens (tertiary/aromatic N) is 3. The number of hydrogen-bond acceptors (Lipinski definition) is 8. The number of carboxylic acids is 1. The van der Waals surface area contributed by atoms with E-state index in [1.165, 1.54) is 6.08 Å². The van der Waals surface area contributed by atoms with E-state index < -0.39 is 24.2 Å². The summed E-state index contributed by atoms with van der Waals surface area (Å²) in [5.41, 5.74) is 4.45. The number of benzene rings is 1. The van der Waals surface area contributed by atoms with E-state index in [0.717, 1.165) is 16.8 Å². The monoisotopic (exact) mass is 560 g/mol. The summed E-state index contributed by atoms with van der Waals surface area (Å²) in [4.78, 5) is 41.4. The van der Waals surface area contributed by atoms with Crippen LogP contribution in [0.25, 0.3) is 28.2 Å². The first-order valence-electron chi connectivity index (χ1n) is 11.9. The van der Waals surface area contributed by atoms with Gasteiger partial charge in [-0.05, 0) is 45.0 Å². The summed E-state index contributed by atoms with van der Waals surface area (Å²) in [7, 11) is 0. The highest BCUT2D eigenvalue weighted by Crippen LogP contribution is 2.44. The number of aliphatic carboxylic acids is 1. The first kappa shape index (κ1) is 28.1. The fourth-order valence-corrected chi connectivity index (χ4v) is 4.30. The second-order valence-electron chi connectivity index (χ2n) is 8.54. The number of H-pyrrole nitrogens is 1. The number of pyridine rings is 1. The Labute approximate surface area is 223 Å². The number of halogens is 3. The Balaban J connectivity index is 0.000000470. The molecule has 4 heterocycles. The molecule has 0 spiro atoms. The van der Waals surface area contributed by atoms with Gasteiger partial charge >= 0.3 is 23.8 Å². The van der Waals surface area contributed by atoms with Crippen LogP contribution in [0.4, 0.5) is 13.2 Å². The fraction of sp³-hybridized carbons (Fsp3) is 0.269. The Morgan fingerprint density at radius 3 is 2.60 bits per heavy atom. The molecule has 14 heteroatoms. The maximum Gasteiger partial charge on any atom is 0.490 e. The molecule has 11 nitrogen and oxygen atoms in total. The Morgan fingerprint density at radius 2 is 2.02 bits per heavy atom. The summed E-state index contributed by atoms with van der Waals surface area (Å²) in [5.74, 6) is -2.04. The highest BCUT2D eigenvalue weighted by Gasteiger charge is 2.38. The van der Waals surface area contributed by atoms with Gasteiger partial charge in [-0.3, -0.25) is 9.55 Å². The smallest absolute Gasteiger partial charge is 0.488 e. The molecular formula is C26H23F3N4O7. The molecule has 5 rings (SSSR count). The topological polar surface area (TPSA) is 150 Å². The van der Waals surface area contributed by atoms with Crippen molar-refractivity contribution in [2.24, 2.45) is 0 Å². The fourth-order valence-electron chi connectivity index (χ4n) is 4.30. The summed E-state index contributed by atoms with van der Waals surface area (Å²) in [5, 5.41) is 11.2. The molecular weight excluding hydrogens is 537 g/mol. The number of hydrogen-bond donors (Lipinski definition) is 2. The summed E-state index contributed by atoms with van der Waals surface area (Å²) < 4.78 is 50.1. The number of carboxylic acid groups (broad SMARTS) is 1. The Morgan fingerprint density at radius 1 is 1.30 bits per heavy atom. The predicted octanol–water partition coefficient (Wildman–Crippen LogP) is 4.19. The van der Waals surface area contributed by atoms with E-state index in [9.17, 15) is 22.8 Å². The zero-order valence-electron chi connectivity index (χ0n) is 21.4. The molecule has 40 heavy (non-hydrogen) atoms. The van der Waals surface area contributed by atoms with Gasteiger partial charge in [-0.2, -0.15) is 13.2 Å². The summed E-state index contributed by atoms with van der Waals surface area (Å²) in [6, 6.07) is 7.03. The van der Waals surface area contributed by atoms with Crippen molar-refractivity contribution >= 4 is 29.0 Å². The highest BCUT2D eigenvalue weighted by atomic mass is 19.4. The lowest BCUT2D eigenvalue weighted by atomic mass is 9.97. The van der Waals surface area contributed by atoms with Crippen molar-refractivity contribution in [2.75, 3.05) is 13.2 Å². The summed E-state index contributed by atoms with van der Waals surface area (Å²) in [6.07, 6.45) is -0.426. The van der Waals surface area contributed by atoms with Crippen molar-refractivity contribution in [3.8, 4) is 16.9 Å². The Hall–Kier alpha value is -4.88. The van der Waals surface area contributed by atoms with E-state index in [1.54, 1.807) is 23.8 Å². The normalized spacial score (nSPS) is 14.5. The van der Waals surface area contributed by atoms with Gasteiger partial charge in [0.1, 0.15) is 23.9 Å². The van der Waals surface area contributed by atoms with Crippen LogP contribution in [0, 0.1) is 13.8 Å². The number of aromatic nitrogens is 4. The number of aryl methyl sites for hydroxylation is 2. The van der Waals surface area contributed by atoms with Crippen LogP contribution in [0.5, 0.6) is 5.75 Å². The lowest BCUT2D eigenvalue weighted by Gasteiger charge is -2.26.